The number of cyclic esters (lactones) is 1. The minimum Gasteiger partial charge on any atom is -0.489 e. The lowest BCUT2D eigenvalue weighted by atomic mass is 10.1. The second-order valence-corrected chi connectivity index (χ2v) is 3.89. The molecule has 0 aliphatic carbocycles. The first kappa shape index (κ1) is 11.9. The van der Waals surface area contributed by atoms with Crippen LogP contribution >= 0.6 is 0 Å². The molecule has 0 unspecified atom stereocenters. The van der Waals surface area contributed by atoms with Crippen molar-refractivity contribution in [2.75, 3.05) is 6.61 Å². The number of hydrogen-bond donors (Lipinski definition) is 1. The molecule has 0 radical (unpaired) electrons. The van der Waals surface area contributed by atoms with Crippen molar-refractivity contribution < 1.29 is 14.6 Å². The molecule has 6 heteroatoms. The maximum atomic E-state index is 11.5. The van der Waals surface area contributed by atoms with Gasteiger partial charge in [0.15, 0.2) is 4.98 Å². The summed E-state index contributed by atoms with van der Waals surface area (Å²) in [6.07, 6.45) is 0.703. The van der Waals surface area contributed by atoms with Gasteiger partial charge in [-0.05, 0) is 12.0 Å². The molecule has 18 heavy (non-hydrogen) atoms. The molecular formula is C12H12N3O3+. The van der Waals surface area contributed by atoms with E-state index in [-0.39, 0.29) is 12.6 Å². The Labute approximate surface area is 104 Å². The van der Waals surface area contributed by atoms with Crippen LogP contribution in [0.1, 0.15) is 5.56 Å². The number of aliphatic hydroxyl groups is 1. The van der Waals surface area contributed by atoms with Gasteiger partial charge in [-0.25, -0.2) is 9.69 Å². The number of carbonyl (C=O) groups is 1. The number of hydrogen-bond acceptors (Lipinski definition) is 4. The Morgan fingerprint density at radius 2 is 2.28 bits per heavy atom. The third-order valence-corrected chi connectivity index (χ3v) is 2.70. The van der Waals surface area contributed by atoms with Crippen molar-refractivity contribution in [3.8, 4) is 0 Å². The number of benzene rings is 1. The fourth-order valence-corrected chi connectivity index (χ4v) is 1.89. The van der Waals surface area contributed by atoms with E-state index < -0.39 is 12.0 Å². The predicted octanol–water partition coefficient (Wildman–Crippen LogP) is 2.26. The van der Waals surface area contributed by atoms with Crippen molar-refractivity contribution in [3.63, 3.8) is 0 Å². The van der Waals surface area contributed by atoms with E-state index in [1.165, 1.54) is 0 Å². The summed E-state index contributed by atoms with van der Waals surface area (Å²) >= 11 is 0. The summed E-state index contributed by atoms with van der Waals surface area (Å²) in [6, 6.07) is 9.25. The maximum absolute atomic E-state index is 11.5. The van der Waals surface area contributed by atoms with Gasteiger partial charge in [0.1, 0.15) is 6.61 Å². The van der Waals surface area contributed by atoms with Crippen LogP contribution < -0.4 is 0 Å². The Morgan fingerprint density at radius 3 is 2.94 bits per heavy atom. The van der Waals surface area contributed by atoms with E-state index >= 15 is 0 Å². The molecule has 0 saturated carbocycles. The predicted molar refractivity (Wildman–Crippen MR) is 62.9 cm³/mol. The minimum atomic E-state index is -0.645. The van der Waals surface area contributed by atoms with Gasteiger partial charge in [0, 0.05) is 0 Å². The van der Waals surface area contributed by atoms with Crippen LogP contribution in [0.15, 0.2) is 42.4 Å². The monoisotopic (exact) mass is 246 g/mol. The average molecular weight is 246 g/mol. The Bertz CT molecular complexity index is 507. The van der Waals surface area contributed by atoms with E-state index in [9.17, 15) is 9.90 Å². The lowest BCUT2D eigenvalue weighted by molar-refractivity contribution is 0.149. The van der Waals surface area contributed by atoms with E-state index in [1.54, 1.807) is 0 Å². The first-order chi connectivity index (χ1) is 8.72. The van der Waals surface area contributed by atoms with Gasteiger partial charge in [0.2, 0.25) is 5.39 Å². The zero-order valence-corrected chi connectivity index (χ0v) is 9.56. The summed E-state index contributed by atoms with van der Waals surface area (Å²) in [5.74, 6) is -0.430. The molecule has 0 aromatic heterocycles. The van der Waals surface area contributed by atoms with Crippen LogP contribution in [0.3, 0.4) is 0 Å². The molecule has 1 aromatic rings. The third-order valence-electron chi connectivity index (χ3n) is 2.70. The number of nitrogens with zero attached hydrogens (tertiary/aromatic N) is 3. The number of amides is 1. The van der Waals surface area contributed by atoms with Crippen LogP contribution in [0.25, 0.3) is 4.98 Å². The highest BCUT2D eigenvalue weighted by atomic mass is 16.6. The molecule has 2 rings (SSSR count). The fraction of sp³-hybridized carbons (Fsp3) is 0.250. The number of diazo groups is 1. The molecule has 1 heterocycles. The molecule has 92 valence electrons. The molecule has 1 aliphatic rings. The quantitative estimate of drug-likeness (QED) is 0.655. The molecule has 1 atom stereocenters. The Morgan fingerprint density at radius 1 is 1.56 bits per heavy atom. The highest BCUT2D eigenvalue weighted by Gasteiger charge is 2.37. The molecule has 0 bridgehead atoms. The second kappa shape index (κ2) is 5.19. The zero-order valence-electron chi connectivity index (χ0n) is 9.56. The number of carbonyl (C=O) groups excluding carboxylic acids is 1. The SMILES string of the molecule is N#[N+]/C=C(\O)N1C(=O)OC[C@@H]1Cc1ccccc1. The summed E-state index contributed by atoms with van der Waals surface area (Å²) in [5, 5.41) is 18.0. The van der Waals surface area contributed by atoms with E-state index in [4.69, 9.17) is 10.1 Å². The smallest absolute Gasteiger partial charge is 0.417 e. The number of ether oxygens (including phenoxy) is 1. The summed E-state index contributed by atoms with van der Waals surface area (Å²) in [5.41, 5.74) is 1.03. The second-order valence-electron chi connectivity index (χ2n) is 3.89. The van der Waals surface area contributed by atoms with Crippen LogP contribution in [0, 0.1) is 5.39 Å². The van der Waals surface area contributed by atoms with Crippen molar-refractivity contribution in [2.24, 2.45) is 0 Å². The summed E-state index contributed by atoms with van der Waals surface area (Å²) in [4.78, 5) is 15.2. The topological polar surface area (TPSA) is 77.9 Å². The van der Waals surface area contributed by atoms with Crippen LogP contribution in [0.2, 0.25) is 0 Å². The van der Waals surface area contributed by atoms with Crippen molar-refractivity contribution in [1.29, 1.82) is 5.39 Å². The largest absolute Gasteiger partial charge is 0.489 e. The highest BCUT2D eigenvalue weighted by molar-refractivity contribution is 5.72. The van der Waals surface area contributed by atoms with Crippen molar-refractivity contribution in [1.82, 2.24) is 4.90 Å². The van der Waals surface area contributed by atoms with Gasteiger partial charge in [-0.3, -0.25) is 0 Å². The summed E-state index contributed by atoms with van der Waals surface area (Å²) in [7, 11) is 0. The van der Waals surface area contributed by atoms with Crippen molar-refractivity contribution >= 4 is 6.09 Å². The van der Waals surface area contributed by atoms with E-state index in [0.717, 1.165) is 16.7 Å². The van der Waals surface area contributed by atoms with Crippen LogP contribution in [-0.4, -0.2) is 28.7 Å². The van der Waals surface area contributed by atoms with Gasteiger partial charge in [-0.1, -0.05) is 30.3 Å². The highest BCUT2D eigenvalue weighted by Crippen LogP contribution is 2.20. The van der Waals surface area contributed by atoms with Gasteiger partial charge in [0.05, 0.1) is 6.04 Å². The molecule has 1 saturated heterocycles. The lowest BCUT2D eigenvalue weighted by Crippen LogP contribution is -2.34. The molecule has 1 amide bonds. The van der Waals surface area contributed by atoms with Crippen LogP contribution in [0.4, 0.5) is 4.79 Å². The zero-order chi connectivity index (χ0) is 13.0. The van der Waals surface area contributed by atoms with Gasteiger partial charge in [-0.2, -0.15) is 0 Å². The number of aliphatic hydroxyl groups excluding tert-OH is 1. The molecule has 1 aromatic carbocycles. The van der Waals surface area contributed by atoms with Gasteiger partial charge >= 0.3 is 12.3 Å². The summed E-state index contributed by atoms with van der Waals surface area (Å²) < 4.78 is 4.88. The van der Waals surface area contributed by atoms with Crippen LogP contribution in [0.5, 0.6) is 0 Å². The fourth-order valence-electron chi connectivity index (χ4n) is 1.89. The van der Waals surface area contributed by atoms with E-state index in [1.807, 2.05) is 30.3 Å². The standard InChI is InChI=1S/C12H11N3O3/c13-14-7-11(16)15-10(8-18-12(15)17)6-9-4-2-1-3-5-9/h1-5,7,10H,6,8H2/p+1/b11-7-/t10-/m0/s1. The summed E-state index contributed by atoms with van der Waals surface area (Å²) in [6.45, 7) is 0.192. The average Bonchev–Trinajstić information content (AvgIpc) is 2.72. The normalized spacial score (nSPS) is 19.5. The van der Waals surface area contributed by atoms with E-state index in [2.05, 4.69) is 4.98 Å². The molecule has 1 fully saturated rings. The molecule has 0 spiro atoms. The molecular weight excluding hydrogens is 234 g/mol. The Balaban J connectivity index is 2.15. The Hall–Kier alpha value is -2.55. The van der Waals surface area contributed by atoms with Gasteiger partial charge in [-0.15, -0.1) is 0 Å². The lowest BCUT2D eigenvalue weighted by Gasteiger charge is -2.17. The third kappa shape index (κ3) is 2.40. The Kier molecular flexibility index (Phi) is 3.44. The van der Waals surface area contributed by atoms with Gasteiger partial charge < -0.3 is 9.84 Å². The van der Waals surface area contributed by atoms with Gasteiger partial charge in [0.25, 0.3) is 5.88 Å². The molecule has 1 N–H and O–H groups in total. The van der Waals surface area contributed by atoms with Crippen molar-refractivity contribution in [3.05, 3.63) is 53.0 Å². The maximum Gasteiger partial charge on any atom is 0.417 e. The minimum absolute atomic E-state index is 0.192. The number of rotatable bonds is 3. The van der Waals surface area contributed by atoms with E-state index in [0.29, 0.717) is 6.42 Å². The first-order valence-electron chi connectivity index (χ1n) is 5.45. The van der Waals surface area contributed by atoms with Crippen LogP contribution in [-0.2, 0) is 11.2 Å². The molecule has 6 nitrogen and oxygen atoms in total. The molecule has 1 aliphatic heterocycles. The van der Waals surface area contributed by atoms with Crippen molar-refractivity contribution in [2.45, 2.75) is 12.5 Å². The first-order valence-corrected chi connectivity index (χ1v) is 5.45.